The maximum Gasteiger partial charge on any atom is 0.356 e. The number of alkyl halides is 1. The van der Waals surface area contributed by atoms with Gasteiger partial charge < -0.3 is 18.9 Å². The number of hydrogen-bond acceptors (Lipinski definition) is 6. The molecule has 0 amide bonds. The van der Waals surface area contributed by atoms with Gasteiger partial charge in [0, 0.05) is 12.3 Å². The maximum absolute atomic E-state index is 16.0. The van der Waals surface area contributed by atoms with Crippen LogP contribution in [0.5, 0.6) is 0 Å². The van der Waals surface area contributed by atoms with Crippen molar-refractivity contribution >= 4 is 11.9 Å². The van der Waals surface area contributed by atoms with Crippen LogP contribution >= 0.6 is 0 Å². The molecule has 1 atom stereocenters. The third-order valence-corrected chi connectivity index (χ3v) is 4.15. The normalized spacial score (nSPS) is 16.7. The largest absolute Gasteiger partial charge is 0.463 e. The minimum atomic E-state index is -2.99. The lowest BCUT2D eigenvalue weighted by Gasteiger charge is -2.33. The van der Waals surface area contributed by atoms with Gasteiger partial charge in [0.1, 0.15) is 0 Å². The lowest BCUT2D eigenvalue weighted by atomic mass is 9.80. The van der Waals surface area contributed by atoms with Crippen LogP contribution in [0.25, 0.3) is 0 Å². The molecule has 144 valence electrons. The van der Waals surface area contributed by atoms with Crippen molar-refractivity contribution in [2.45, 2.75) is 44.6 Å². The molecule has 0 N–H and O–H groups in total. The Morgan fingerprint density at radius 2 is 1.65 bits per heavy atom. The van der Waals surface area contributed by atoms with Crippen molar-refractivity contribution in [3.8, 4) is 0 Å². The fraction of sp³-hybridized carbons (Fsp3) is 0.579. The van der Waals surface area contributed by atoms with Gasteiger partial charge in [-0.3, -0.25) is 0 Å². The number of rotatable bonds is 8. The van der Waals surface area contributed by atoms with E-state index in [2.05, 4.69) is 0 Å². The van der Waals surface area contributed by atoms with E-state index in [-0.39, 0.29) is 19.6 Å². The number of hydrogen-bond donors (Lipinski definition) is 0. The van der Waals surface area contributed by atoms with E-state index in [9.17, 15) is 9.59 Å². The van der Waals surface area contributed by atoms with Crippen molar-refractivity contribution < 1.29 is 32.9 Å². The highest BCUT2D eigenvalue weighted by Crippen LogP contribution is 2.39. The summed E-state index contributed by atoms with van der Waals surface area (Å²) in [7, 11) is 0. The van der Waals surface area contributed by atoms with Gasteiger partial charge in [0.15, 0.2) is 6.29 Å². The molecule has 26 heavy (non-hydrogen) atoms. The van der Waals surface area contributed by atoms with E-state index in [0.29, 0.717) is 18.8 Å². The molecule has 1 saturated heterocycles. The van der Waals surface area contributed by atoms with Gasteiger partial charge in [0.05, 0.1) is 26.4 Å². The average molecular weight is 368 g/mol. The second-order valence-electron chi connectivity index (χ2n) is 5.88. The Kier molecular flexibility index (Phi) is 7.53. The fourth-order valence-electron chi connectivity index (χ4n) is 2.92. The van der Waals surface area contributed by atoms with Crippen molar-refractivity contribution in [3.63, 3.8) is 0 Å². The first kappa shape index (κ1) is 20.3. The summed E-state index contributed by atoms with van der Waals surface area (Å²) in [5.41, 5.74) is -2.52. The maximum atomic E-state index is 16.0. The third kappa shape index (κ3) is 4.59. The molecule has 0 spiro atoms. The summed E-state index contributed by atoms with van der Waals surface area (Å²) in [5, 5.41) is 0. The predicted molar refractivity (Wildman–Crippen MR) is 91.2 cm³/mol. The summed E-state index contributed by atoms with van der Waals surface area (Å²) < 4.78 is 36.8. The first-order valence-corrected chi connectivity index (χ1v) is 8.85. The van der Waals surface area contributed by atoms with E-state index in [1.54, 1.807) is 44.2 Å². The van der Waals surface area contributed by atoms with E-state index >= 15 is 4.39 Å². The Morgan fingerprint density at radius 1 is 1.12 bits per heavy atom. The van der Waals surface area contributed by atoms with Crippen molar-refractivity contribution in [3.05, 3.63) is 35.9 Å². The molecule has 2 rings (SSSR count). The highest BCUT2D eigenvalue weighted by Gasteiger charge is 2.57. The van der Waals surface area contributed by atoms with Gasteiger partial charge in [0.2, 0.25) is 0 Å². The van der Waals surface area contributed by atoms with Crippen molar-refractivity contribution in [2.75, 3.05) is 26.4 Å². The Labute approximate surface area is 152 Å². The van der Waals surface area contributed by atoms with Crippen LogP contribution in [0, 0.1) is 0 Å². The molecular weight excluding hydrogens is 343 g/mol. The molecule has 6 nitrogen and oxygen atoms in total. The van der Waals surface area contributed by atoms with Crippen LogP contribution in [0.2, 0.25) is 0 Å². The molecule has 1 heterocycles. The highest BCUT2D eigenvalue weighted by atomic mass is 19.1. The van der Waals surface area contributed by atoms with Gasteiger partial charge in [-0.1, -0.05) is 30.3 Å². The lowest BCUT2D eigenvalue weighted by Crippen LogP contribution is -2.51. The van der Waals surface area contributed by atoms with Crippen molar-refractivity contribution in [1.29, 1.82) is 0 Å². The van der Waals surface area contributed by atoms with Crippen LogP contribution in [0.1, 0.15) is 38.2 Å². The van der Waals surface area contributed by atoms with Crippen LogP contribution in [0.4, 0.5) is 4.39 Å². The number of ether oxygens (including phenoxy) is 4. The van der Waals surface area contributed by atoms with E-state index in [1.807, 2.05) is 0 Å². The molecule has 1 aliphatic rings. The number of benzene rings is 1. The van der Waals surface area contributed by atoms with E-state index < -0.39 is 29.8 Å². The number of halogens is 1. The van der Waals surface area contributed by atoms with Gasteiger partial charge in [0.25, 0.3) is 0 Å². The first-order chi connectivity index (χ1) is 12.5. The molecule has 1 aliphatic heterocycles. The smallest absolute Gasteiger partial charge is 0.356 e. The first-order valence-electron chi connectivity index (χ1n) is 8.85. The molecule has 0 saturated carbocycles. The molecule has 0 unspecified atom stereocenters. The Bertz CT molecular complexity index is 567. The topological polar surface area (TPSA) is 71.1 Å². The monoisotopic (exact) mass is 368 g/mol. The third-order valence-electron chi connectivity index (χ3n) is 4.15. The van der Waals surface area contributed by atoms with Crippen molar-refractivity contribution in [2.24, 2.45) is 0 Å². The van der Waals surface area contributed by atoms with Crippen LogP contribution in [0.15, 0.2) is 30.3 Å². The van der Waals surface area contributed by atoms with Gasteiger partial charge in [-0.25, -0.2) is 14.0 Å². The van der Waals surface area contributed by atoms with E-state index in [1.165, 1.54) is 0 Å². The molecule has 0 radical (unpaired) electrons. The zero-order valence-corrected chi connectivity index (χ0v) is 15.1. The van der Waals surface area contributed by atoms with Gasteiger partial charge >= 0.3 is 17.6 Å². The second-order valence-corrected chi connectivity index (χ2v) is 5.88. The van der Waals surface area contributed by atoms with Gasteiger partial charge in [-0.15, -0.1) is 0 Å². The Balaban J connectivity index is 2.42. The summed E-state index contributed by atoms with van der Waals surface area (Å²) in [4.78, 5) is 24.9. The average Bonchev–Trinajstić information content (AvgIpc) is 2.67. The van der Waals surface area contributed by atoms with Crippen LogP contribution in [-0.4, -0.2) is 50.3 Å². The van der Waals surface area contributed by atoms with E-state index in [0.717, 1.165) is 6.42 Å². The predicted octanol–water partition coefficient (Wildman–Crippen LogP) is 2.76. The summed E-state index contributed by atoms with van der Waals surface area (Å²) in [6.07, 6.45) is 0.00850. The number of carbonyl (C=O) groups is 2. The van der Waals surface area contributed by atoms with Crippen LogP contribution in [0.3, 0.4) is 0 Å². The zero-order chi connectivity index (χ0) is 19.0. The fourth-order valence-corrected chi connectivity index (χ4v) is 2.92. The molecule has 1 fully saturated rings. The SMILES string of the molecule is CCOC(=O)C(F)(C(=O)OCC)[C@@H](CC1OCCCO1)c1ccccc1. The second kappa shape index (κ2) is 9.64. The lowest BCUT2D eigenvalue weighted by molar-refractivity contribution is -0.195. The summed E-state index contributed by atoms with van der Waals surface area (Å²) in [5.74, 6) is -3.68. The van der Waals surface area contributed by atoms with Crippen LogP contribution < -0.4 is 0 Å². The molecule has 0 aliphatic carbocycles. The summed E-state index contributed by atoms with van der Waals surface area (Å²) in [6.45, 7) is 3.95. The molecule has 1 aromatic carbocycles. The van der Waals surface area contributed by atoms with Gasteiger partial charge in [-0.2, -0.15) is 0 Å². The molecule has 7 heteroatoms. The van der Waals surface area contributed by atoms with Crippen molar-refractivity contribution in [1.82, 2.24) is 0 Å². The van der Waals surface area contributed by atoms with E-state index in [4.69, 9.17) is 18.9 Å². The van der Waals surface area contributed by atoms with Gasteiger partial charge in [-0.05, 0) is 25.8 Å². The number of esters is 2. The highest BCUT2D eigenvalue weighted by molar-refractivity contribution is 6.04. The summed E-state index contributed by atoms with van der Waals surface area (Å²) in [6, 6.07) is 8.49. The molecular formula is C19H25FO6. The number of carbonyl (C=O) groups excluding carboxylic acids is 2. The van der Waals surface area contributed by atoms with Crippen LogP contribution in [-0.2, 0) is 28.5 Å². The molecule has 0 bridgehead atoms. The molecule has 1 aromatic rings. The quantitative estimate of drug-likeness (QED) is 0.519. The standard InChI is InChI=1S/C19H25FO6/c1-3-23-17(21)19(20,18(22)24-4-2)15(14-9-6-5-7-10-14)13-16-25-11-8-12-26-16/h5-7,9-10,15-16H,3-4,8,11-13H2,1-2H3/t15-/m0/s1. The summed E-state index contributed by atoms with van der Waals surface area (Å²) >= 11 is 0. The minimum Gasteiger partial charge on any atom is -0.463 e. The Hall–Kier alpha value is -1.99. The Morgan fingerprint density at radius 3 is 2.15 bits per heavy atom. The molecule has 0 aromatic heterocycles. The minimum absolute atomic E-state index is 0.0157. The zero-order valence-electron chi connectivity index (χ0n) is 15.1.